The largest absolute Gasteiger partial charge is 0.316 e. The van der Waals surface area contributed by atoms with Crippen molar-refractivity contribution in [3.63, 3.8) is 0 Å². The third-order valence-corrected chi connectivity index (χ3v) is 2.94. The molecule has 0 amide bonds. The number of rotatable bonds is 6. The van der Waals surface area contributed by atoms with Gasteiger partial charge >= 0.3 is 0 Å². The molecule has 0 heterocycles. The van der Waals surface area contributed by atoms with Crippen LogP contribution < -0.4 is 5.32 Å². The molecule has 1 aromatic carbocycles. The van der Waals surface area contributed by atoms with Gasteiger partial charge in [0.15, 0.2) is 0 Å². The average Bonchev–Trinajstić information content (AvgIpc) is 2.38. The number of nitrogens with one attached hydrogen (secondary N) is 1. The van der Waals surface area contributed by atoms with Gasteiger partial charge in [0, 0.05) is 18.5 Å². The quantitative estimate of drug-likeness (QED) is 0.751. The van der Waals surface area contributed by atoms with Crippen LogP contribution in [0.1, 0.15) is 44.7 Å². The van der Waals surface area contributed by atoms with Crippen LogP contribution in [0.15, 0.2) is 35.0 Å². The maximum Gasteiger partial charge on any atom is 0.0406 e. The van der Waals surface area contributed by atoms with Gasteiger partial charge in [0.1, 0.15) is 0 Å². The summed E-state index contributed by atoms with van der Waals surface area (Å²) in [6.45, 7) is 7.17. The second-order valence-corrected chi connectivity index (χ2v) is 4.43. The molecule has 0 radical (unpaired) electrons. The fourth-order valence-electron chi connectivity index (χ4n) is 2.08. The molecule has 0 atom stereocenters. The van der Waals surface area contributed by atoms with Crippen molar-refractivity contribution in [2.75, 3.05) is 7.05 Å². The Morgan fingerprint density at radius 2 is 1.94 bits per heavy atom. The van der Waals surface area contributed by atoms with E-state index in [1.165, 1.54) is 16.7 Å². The molecule has 0 aromatic heterocycles. The Morgan fingerprint density at radius 3 is 2.44 bits per heavy atom. The Labute approximate surface area is 111 Å². The van der Waals surface area contributed by atoms with E-state index in [0.717, 1.165) is 25.1 Å². The fraction of sp³-hybridized carbons (Fsp3) is 0.438. The molecule has 0 aliphatic heterocycles. The number of hydrogen-bond donors (Lipinski definition) is 1. The van der Waals surface area contributed by atoms with Crippen molar-refractivity contribution in [1.29, 1.82) is 0 Å². The Morgan fingerprint density at radius 1 is 1.28 bits per heavy atom. The predicted molar refractivity (Wildman–Crippen MR) is 80.9 cm³/mol. The highest BCUT2D eigenvalue weighted by molar-refractivity contribution is 5.70. The number of aliphatic imine (C=N–C) groups is 1. The van der Waals surface area contributed by atoms with Gasteiger partial charge < -0.3 is 5.32 Å². The summed E-state index contributed by atoms with van der Waals surface area (Å²) in [6, 6.07) is 8.77. The highest BCUT2D eigenvalue weighted by Gasteiger charge is 2.04. The summed E-state index contributed by atoms with van der Waals surface area (Å²) in [6.07, 6.45) is 4.08. The van der Waals surface area contributed by atoms with Gasteiger partial charge in [0.2, 0.25) is 0 Å². The van der Waals surface area contributed by atoms with Crippen LogP contribution in [0.3, 0.4) is 0 Å². The normalized spacial score (nSPS) is 12.9. The van der Waals surface area contributed by atoms with Gasteiger partial charge in [-0.2, -0.15) is 0 Å². The van der Waals surface area contributed by atoms with Crippen molar-refractivity contribution in [2.24, 2.45) is 4.99 Å². The Bertz CT molecular complexity index is 413. The maximum atomic E-state index is 4.42. The standard InChI is InChI=1S/C16H24N2/c1-5-7-16(13(3)18-6-2)15-10-8-14(9-11-15)12-17-4/h6,8-11,17H,5,7,12H2,1-4H3/b16-13+,18-6?. The lowest BCUT2D eigenvalue weighted by Gasteiger charge is -2.10. The summed E-state index contributed by atoms with van der Waals surface area (Å²) < 4.78 is 0. The summed E-state index contributed by atoms with van der Waals surface area (Å²) in [5.41, 5.74) is 5.08. The number of hydrogen-bond acceptors (Lipinski definition) is 2. The van der Waals surface area contributed by atoms with Crippen molar-refractivity contribution < 1.29 is 0 Å². The molecule has 0 fully saturated rings. The zero-order valence-electron chi connectivity index (χ0n) is 12.0. The average molecular weight is 244 g/mol. The molecule has 1 aromatic rings. The number of allylic oxidation sites excluding steroid dienone is 2. The maximum absolute atomic E-state index is 4.42. The van der Waals surface area contributed by atoms with E-state index in [2.05, 4.69) is 48.4 Å². The van der Waals surface area contributed by atoms with Crippen molar-refractivity contribution >= 4 is 11.8 Å². The lowest BCUT2D eigenvalue weighted by atomic mass is 9.98. The first kappa shape index (κ1) is 14.7. The Hall–Kier alpha value is -1.41. The lowest BCUT2D eigenvalue weighted by Crippen LogP contribution is -2.04. The van der Waals surface area contributed by atoms with Crippen LogP contribution >= 0.6 is 0 Å². The van der Waals surface area contributed by atoms with Crippen LogP contribution in [0.5, 0.6) is 0 Å². The summed E-state index contributed by atoms with van der Waals surface area (Å²) in [5, 5.41) is 3.17. The highest BCUT2D eigenvalue weighted by Crippen LogP contribution is 2.24. The van der Waals surface area contributed by atoms with Gasteiger partial charge in [0.25, 0.3) is 0 Å². The molecule has 0 saturated carbocycles. The minimum absolute atomic E-state index is 0.916. The highest BCUT2D eigenvalue weighted by atomic mass is 14.8. The van der Waals surface area contributed by atoms with E-state index in [1.54, 1.807) is 0 Å². The molecule has 2 heteroatoms. The summed E-state index contributed by atoms with van der Waals surface area (Å²) >= 11 is 0. The summed E-state index contributed by atoms with van der Waals surface area (Å²) in [5.74, 6) is 0. The van der Waals surface area contributed by atoms with Crippen molar-refractivity contribution in [2.45, 2.75) is 40.2 Å². The van der Waals surface area contributed by atoms with Crippen LogP contribution in [0.25, 0.3) is 5.57 Å². The third-order valence-electron chi connectivity index (χ3n) is 2.94. The van der Waals surface area contributed by atoms with Crippen LogP contribution in [0.2, 0.25) is 0 Å². The van der Waals surface area contributed by atoms with Crippen LogP contribution in [0, 0.1) is 0 Å². The second-order valence-electron chi connectivity index (χ2n) is 4.43. The summed E-state index contributed by atoms with van der Waals surface area (Å²) in [4.78, 5) is 4.42. The molecule has 0 aliphatic carbocycles. The molecular formula is C16H24N2. The lowest BCUT2D eigenvalue weighted by molar-refractivity contribution is 0.817. The Balaban J connectivity index is 3.03. The molecule has 1 N–H and O–H groups in total. The van der Waals surface area contributed by atoms with Gasteiger partial charge in [0.05, 0.1) is 0 Å². The molecule has 0 spiro atoms. The molecule has 2 nitrogen and oxygen atoms in total. The van der Waals surface area contributed by atoms with Gasteiger partial charge in [-0.15, -0.1) is 0 Å². The topological polar surface area (TPSA) is 24.4 Å². The number of nitrogens with zero attached hydrogens (tertiary/aromatic N) is 1. The van der Waals surface area contributed by atoms with E-state index >= 15 is 0 Å². The number of benzene rings is 1. The van der Waals surface area contributed by atoms with E-state index in [0.29, 0.717) is 0 Å². The van der Waals surface area contributed by atoms with Crippen molar-refractivity contribution in [1.82, 2.24) is 5.32 Å². The van der Waals surface area contributed by atoms with Crippen LogP contribution in [-0.2, 0) is 6.54 Å². The van der Waals surface area contributed by atoms with Crippen molar-refractivity contribution in [3.05, 3.63) is 41.1 Å². The molecule has 0 saturated heterocycles. The van der Waals surface area contributed by atoms with Gasteiger partial charge in [-0.05, 0) is 44.0 Å². The van der Waals surface area contributed by atoms with Crippen molar-refractivity contribution in [3.8, 4) is 0 Å². The molecule has 1 rings (SSSR count). The molecule has 98 valence electrons. The smallest absolute Gasteiger partial charge is 0.0406 e. The van der Waals surface area contributed by atoms with E-state index in [9.17, 15) is 0 Å². The van der Waals surface area contributed by atoms with Crippen LogP contribution in [-0.4, -0.2) is 13.3 Å². The molecule has 0 aliphatic rings. The molecule has 0 bridgehead atoms. The van der Waals surface area contributed by atoms with E-state index in [1.807, 2.05) is 20.2 Å². The van der Waals surface area contributed by atoms with E-state index in [4.69, 9.17) is 0 Å². The third kappa shape index (κ3) is 4.11. The molecule has 0 unspecified atom stereocenters. The predicted octanol–water partition coefficient (Wildman–Crippen LogP) is 4.03. The monoisotopic (exact) mass is 244 g/mol. The zero-order chi connectivity index (χ0) is 13.4. The SMILES string of the molecule is CC=N/C(C)=C(\CCC)c1ccc(CNC)cc1. The van der Waals surface area contributed by atoms with Gasteiger partial charge in [-0.3, -0.25) is 4.99 Å². The summed E-state index contributed by atoms with van der Waals surface area (Å²) in [7, 11) is 1.97. The first-order valence-corrected chi connectivity index (χ1v) is 6.65. The minimum Gasteiger partial charge on any atom is -0.316 e. The van der Waals surface area contributed by atoms with Gasteiger partial charge in [-0.25, -0.2) is 0 Å². The first-order chi connectivity index (χ1) is 8.72. The van der Waals surface area contributed by atoms with Crippen LogP contribution in [0.4, 0.5) is 0 Å². The van der Waals surface area contributed by atoms with E-state index in [-0.39, 0.29) is 0 Å². The fourth-order valence-corrected chi connectivity index (χ4v) is 2.08. The Kier molecular flexibility index (Phi) is 6.37. The second kappa shape index (κ2) is 7.83. The molecular weight excluding hydrogens is 220 g/mol. The van der Waals surface area contributed by atoms with Gasteiger partial charge in [-0.1, -0.05) is 37.6 Å². The minimum atomic E-state index is 0.916. The first-order valence-electron chi connectivity index (χ1n) is 6.65. The zero-order valence-corrected chi connectivity index (χ0v) is 12.0. The molecule has 18 heavy (non-hydrogen) atoms. The van der Waals surface area contributed by atoms with E-state index < -0.39 is 0 Å².